The fourth-order valence-electron chi connectivity index (χ4n) is 1.90. The summed E-state index contributed by atoms with van der Waals surface area (Å²) in [6.45, 7) is 3.54. The van der Waals surface area contributed by atoms with Gasteiger partial charge < -0.3 is 5.11 Å². The lowest BCUT2D eigenvalue weighted by atomic mass is 10.0. The average Bonchev–Trinajstić information content (AvgIpc) is 3.01. The summed E-state index contributed by atoms with van der Waals surface area (Å²) in [6.07, 6.45) is 0.862. The second-order valence-corrected chi connectivity index (χ2v) is 7.65. The molecule has 114 valence electrons. The first-order chi connectivity index (χ1) is 9.85. The zero-order valence-corrected chi connectivity index (χ0v) is 13.7. The van der Waals surface area contributed by atoms with Gasteiger partial charge in [0.05, 0.1) is 4.90 Å². The Kier molecular flexibility index (Phi) is 4.83. The molecule has 0 spiro atoms. The van der Waals surface area contributed by atoms with Crippen LogP contribution in [0.2, 0.25) is 0 Å². The number of thiophene rings is 1. The second-order valence-electron chi connectivity index (χ2n) is 5.11. The smallest absolute Gasteiger partial charge is 0.240 e. The fraction of sp³-hybridized carbons (Fsp3) is 0.333. The van der Waals surface area contributed by atoms with Crippen LogP contribution in [0.3, 0.4) is 0 Å². The van der Waals surface area contributed by atoms with Gasteiger partial charge in [0, 0.05) is 6.54 Å². The lowest BCUT2D eigenvalue weighted by Gasteiger charge is -2.22. The van der Waals surface area contributed by atoms with Crippen LogP contribution in [0.15, 0.2) is 46.0 Å². The van der Waals surface area contributed by atoms with E-state index in [1.54, 1.807) is 37.3 Å². The molecule has 0 aliphatic carbocycles. The maximum absolute atomic E-state index is 12.2. The van der Waals surface area contributed by atoms with Crippen LogP contribution in [-0.4, -0.2) is 20.1 Å². The lowest BCUT2D eigenvalue weighted by Crippen LogP contribution is -2.38. The summed E-state index contributed by atoms with van der Waals surface area (Å²) in [5.74, 6) is 0. The minimum Gasteiger partial charge on any atom is -0.384 e. The van der Waals surface area contributed by atoms with E-state index in [1.807, 2.05) is 17.7 Å². The van der Waals surface area contributed by atoms with Crippen molar-refractivity contribution in [2.45, 2.75) is 30.8 Å². The Bertz CT molecular complexity index is 674. The third-order valence-corrected chi connectivity index (χ3v) is 5.49. The highest BCUT2D eigenvalue weighted by Gasteiger charge is 2.26. The first-order valence-electron chi connectivity index (χ1n) is 6.69. The molecule has 0 aliphatic rings. The zero-order valence-electron chi connectivity index (χ0n) is 12.0. The predicted molar refractivity (Wildman–Crippen MR) is 84.9 cm³/mol. The van der Waals surface area contributed by atoms with Crippen molar-refractivity contribution in [3.63, 3.8) is 0 Å². The molecule has 2 N–H and O–H groups in total. The van der Waals surface area contributed by atoms with E-state index in [4.69, 9.17) is 0 Å². The largest absolute Gasteiger partial charge is 0.384 e. The molecule has 0 saturated heterocycles. The average molecular weight is 325 g/mol. The van der Waals surface area contributed by atoms with Crippen LogP contribution >= 0.6 is 11.3 Å². The quantitative estimate of drug-likeness (QED) is 0.857. The number of hydrogen-bond acceptors (Lipinski definition) is 4. The summed E-state index contributed by atoms with van der Waals surface area (Å²) < 4.78 is 26.9. The maximum Gasteiger partial charge on any atom is 0.240 e. The molecule has 1 unspecified atom stereocenters. The Hall–Kier alpha value is -1.21. The monoisotopic (exact) mass is 325 g/mol. The molecular formula is C15H19NO3S2. The van der Waals surface area contributed by atoms with Crippen molar-refractivity contribution in [2.75, 3.05) is 6.54 Å². The van der Waals surface area contributed by atoms with Gasteiger partial charge in [0.25, 0.3) is 0 Å². The van der Waals surface area contributed by atoms with Gasteiger partial charge in [-0.3, -0.25) is 0 Å². The highest BCUT2D eigenvalue weighted by atomic mass is 32.2. The molecular weight excluding hydrogens is 306 g/mol. The zero-order chi connectivity index (χ0) is 15.5. The molecule has 0 fully saturated rings. The molecule has 6 heteroatoms. The standard InChI is InChI=1S/C15H19NO3S2/c1-3-12-4-6-14(7-5-12)21(18,19)16-11-15(2,17)13-8-9-20-10-13/h4-10,16-17H,3,11H2,1-2H3. The van der Waals surface area contributed by atoms with Crippen LogP contribution in [0.1, 0.15) is 25.0 Å². The van der Waals surface area contributed by atoms with E-state index in [9.17, 15) is 13.5 Å². The van der Waals surface area contributed by atoms with Crippen LogP contribution in [0.4, 0.5) is 0 Å². The molecule has 0 bridgehead atoms. The number of rotatable bonds is 6. The van der Waals surface area contributed by atoms with Gasteiger partial charge in [-0.2, -0.15) is 11.3 Å². The first-order valence-corrected chi connectivity index (χ1v) is 9.11. The SMILES string of the molecule is CCc1ccc(S(=O)(=O)NCC(C)(O)c2ccsc2)cc1. The minimum absolute atomic E-state index is 0.0679. The van der Waals surface area contributed by atoms with Crippen molar-refractivity contribution in [2.24, 2.45) is 0 Å². The number of aliphatic hydroxyl groups is 1. The van der Waals surface area contributed by atoms with Crippen molar-refractivity contribution < 1.29 is 13.5 Å². The topological polar surface area (TPSA) is 66.4 Å². The molecule has 1 aromatic carbocycles. The van der Waals surface area contributed by atoms with Crippen molar-refractivity contribution >= 4 is 21.4 Å². The van der Waals surface area contributed by atoms with Gasteiger partial charge in [0.1, 0.15) is 5.60 Å². The normalized spacial score (nSPS) is 14.8. The van der Waals surface area contributed by atoms with Gasteiger partial charge in [0.15, 0.2) is 0 Å². The number of aryl methyl sites for hydroxylation is 1. The third-order valence-electron chi connectivity index (χ3n) is 3.39. The Balaban J connectivity index is 2.10. The molecule has 4 nitrogen and oxygen atoms in total. The molecule has 0 saturated carbocycles. The number of nitrogens with one attached hydrogen (secondary N) is 1. The molecule has 0 radical (unpaired) electrons. The second kappa shape index (κ2) is 6.27. The molecule has 1 aromatic heterocycles. The summed E-state index contributed by atoms with van der Waals surface area (Å²) >= 11 is 1.46. The number of hydrogen-bond donors (Lipinski definition) is 2. The van der Waals surface area contributed by atoms with Crippen molar-refractivity contribution in [1.82, 2.24) is 4.72 Å². The van der Waals surface area contributed by atoms with Gasteiger partial charge in [-0.25, -0.2) is 13.1 Å². The van der Waals surface area contributed by atoms with E-state index in [0.717, 1.165) is 12.0 Å². The molecule has 2 rings (SSSR count). The van der Waals surface area contributed by atoms with Gasteiger partial charge >= 0.3 is 0 Å². The molecule has 2 aromatic rings. The van der Waals surface area contributed by atoms with Crippen LogP contribution in [-0.2, 0) is 22.0 Å². The lowest BCUT2D eigenvalue weighted by molar-refractivity contribution is 0.0632. The Labute approximate surface area is 129 Å². The Morgan fingerprint density at radius 1 is 1.24 bits per heavy atom. The highest BCUT2D eigenvalue weighted by Crippen LogP contribution is 2.23. The summed E-state index contributed by atoms with van der Waals surface area (Å²) in [5, 5.41) is 14.0. The van der Waals surface area contributed by atoms with E-state index in [2.05, 4.69) is 4.72 Å². The van der Waals surface area contributed by atoms with Gasteiger partial charge in [0.2, 0.25) is 10.0 Å². The predicted octanol–water partition coefficient (Wildman–Crippen LogP) is 2.50. The maximum atomic E-state index is 12.2. The summed E-state index contributed by atoms with van der Waals surface area (Å²) in [6, 6.07) is 8.55. The van der Waals surface area contributed by atoms with Gasteiger partial charge in [-0.15, -0.1) is 0 Å². The molecule has 0 aliphatic heterocycles. The summed E-state index contributed by atoms with van der Waals surface area (Å²) in [4.78, 5) is 0.209. The summed E-state index contributed by atoms with van der Waals surface area (Å²) in [7, 11) is -3.62. The van der Waals surface area contributed by atoms with Crippen LogP contribution < -0.4 is 4.72 Å². The first kappa shape index (κ1) is 16.2. The van der Waals surface area contributed by atoms with E-state index in [0.29, 0.717) is 5.56 Å². The van der Waals surface area contributed by atoms with E-state index in [-0.39, 0.29) is 11.4 Å². The van der Waals surface area contributed by atoms with Crippen LogP contribution in [0.5, 0.6) is 0 Å². The molecule has 1 heterocycles. The van der Waals surface area contributed by atoms with Gasteiger partial charge in [-0.1, -0.05) is 19.1 Å². The highest BCUT2D eigenvalue weighted by molar-refractivity contribution is 7.89. The van der Waals surface area contributed by atoms with Crippen LogP contribution in [0.25, 0.3) is 0 Å². The van der Waals surface area contributed by atoms with Gasteiger partial charge in [-0.05, 0) is 53.4 Å². The summed E-state index contributed by atoms with van der Waals surface area (Å²) in [5.41, 5.74) is 0.562. The molecule has 21 heavy (non-hydrogen) atoms. The van der Waals surface area contributed by atoms with E-state index >= 15 is 0 Å². The van der Waals surface area contributed by atoms with E-state index < -0.39 is 15.6 Å². The molecule has 0 amide bonds. The van der Waals surface area contributed by atoms with Crippen molar-refractivity contribution in [3.05, 3.63) is 52.2 Å². The van der Waals surface area contributed by atoms with Crippen molar-refractivity contribution in [1.29, 1.82) is 0 Å². The minimum atomic E-state index is -3.62. The fourth-order valence-corrected chi connectivity index (χ4v) is 3.81. The number of benzene rings is 1. The third kappa shape index (κ3) is 3.91. The Morgan fingerprint density at radius 3 is 2.43 bits per heavy atom. The Morgan fingerprint density at radius 2 is 1.90 bits per heavy atom. The van der Waals surface area contributed by atoms with Crippen molar-refractivity contribution in [3.8, 4) is 0 Å². The van der Waals surface area contributed by atoms with E-state index in [1.165, 1.54) is 11.3 Å². The molecule has 1 atom stereocenters. The van der Waals surface area contributed by atoms with Crippen LogP contribution in [0, 0.1) is 0 Å². The number of sulfonamides is 1.